The number of carbonyl (C=O) groups excluding carboxylic acids is 1. The molecule has 1 atom stereocenters. The molecular formula is C19H20BrN3O2. The van der Waals surface area contributed by atoms with Crippen molar-refractivity contribution in [3.8, 4) is 6.07 Å². The largest absolute Gasteiger partial charge is 0.445 e. The lowest BCUT2D eigenvalue weighted by Crippen LogP contribution is -2.39. The number of amides is 1. The molecule has 2 aliphatic heterocycles. The van der Waals surface area contributed by atoms with E-state index in [1.54, 1.807) is 6.92 Å². The smallest absolute Gasteiger partial charge is 0.254 e. The molecule has 6 heteroatoms. The van der Waals surface area contributed by atoms with Crippen LogP contribution in [0.1, 0.15) is 37.7 Å². The Morgan fingerprint density at radius 3 is 2.72 bits per heavy atom. The van der Waals surface area contributed by atoms with E-state index in [9.17, 15) is 10.1 Å². The maximum Gasteiger partial charge on any atom is 0.254 e. The molecule has 0 spiro atoms. The van der Waals surface area contributed by atoms with E-state index in [4.69, 9.17) is 10.5 Å². The van der Waals surface area contributed by atoms with Gasteiger partial charge in [-0.25, -0.2) is 0 Å². The molecule has 5 nitrogen and oxygen atoms in total. The van der Waals surface area contributed by atoms with Crippen molar-refractivity contribution in [2.24, 2.45) is 5.73 Å². The maximum atomic E-state index is 13.2. The molecule has 0 bridgehead atoms. The summed E-state index contributed by atoms with van der Waals surface area (Å²) in [5.41, 5.74) is 7.58. The lowest BCUT2D eigenvalue weighted by molar-refractivity contribution is -0.128. The molecule has 3 rings (SSSR count). The third kappa shape index (κ3) is 3.42. The fraction of sp³-hybridized carbons (Fsp3) is 0.368. The first-order valence-corrected chi connectivity index (χ1v) is 9.15. The molecular weight excluding hydrogens is 382 g/mol. The highest BCUT2D eigenvalue weighted by Gasteiger charge is 2.37. The third-order valence-corrected chi connectivity index (χ3v) is 5.15. The van der Waals surface area contributed by atoms with Gasteiger partial charge in [-0.3, -0.25) is 4.79 Å². The fourth-order valence-electron chi connectivity index (χ4n) is 3.45. The lowest BCUT2D eigenvalue weighted by Gasteiger charge is -2.33. The summed E-state index contributed by atoms with van der Waals surface area (Å²) in [7, 11) is 0. The van der Waals surface area contributed by atoms with E-state index >= 15 is 0 Å². The van der Waals surface area contributed by atoms with Crippen molar-refractivity contribution in [2.45, 2.75) is 32.1 Å². The van der Waals surface area contributed by atoms with Crippen LogP contribution in [0.2, 0.25) is 0 Å². The van der Waals surface area contributed by atoms with Crippen LogP contribution in [0, 0.1) is 11.3 Å². The Labute approximate surface area is 155 Å². The number of ether oxygens (including phenoxy) is 1. The molecule has 2 heterocycles. The minimum atomic E-state index is -0.509. The Morgan fingerprint density at radius 1 is 1.36 bits per heavy atom. The van der Waals surface area contributed by atoms with Gasteiger partial charge in [0.1, 0.15) is 17.4 Å². The van der Waals surface area contributed by atoms with Crippen LogP contribution in [0.4, 0.5) is 0 Å². The maximum absolute atomic E-state index is 13.2. The highest BCUT2D eigenvalue weighted by molar-refractivity contribution is 9.10. The number of nitriles is 1. The van der Waals surface area contributed by atoms with Gasteiger partial charge in [0.15, 0.2) is 0 Å². The van der Waals surface area contributed by atoms with Crippen molar-refractivity contribution in [1.82, 2.24) is 4.90 Å². The Balaban J connectivity index is 2.08. The van der Waals surface area contributed by atoms with Gasteiger partial charge in [-0.05, 0) is 43.9 Å². The van der Waals surface area contributed by atoms with E-state index in [-0.39, 0.29) is 17.4 Å². The summed E-state index contributed by atoms with van der Waals surface area (Å²) >= 11 is 3.46. The summed E-state index contributed by atoms with van der Waals surface area (Å²) in [5, 5.41) is 9.63. The standard InChI is InChI=1S/C19H20BrN3O2/c1-12-16(19(24)23-8-3-2-4-9-23)17(15(11-21)18(22)25-12)13-6-5-7-14(20)10-13/h5-7,10,17H,2-4,8-9,22H2,1H3. The minimum Gasteiger partial charge on any atom is -0.445 e. The SMILES string of the molecule is CC1=C(C(=O)N2CCCCC2)C(c2cccc(Br)c2)C(C#N)=C(N)O1. The van der Waals surface area contributed by atoms with Crippen LogP contribution in [0.25, 0.3) is 0 Å². The molecule has 130 valence electrons. The number of nitrogens with zero attached hydrogens (tertiary/aromatic N) is 2. The Kier molecular flexibility index (Phi) is 5.14. The van der Waals surface area contributed by atoms with Crippen LogP contribution in [0.5, 0.6) is 0 Å². The Morgan fingerprint density at radius 2 is 2.08 bits per heavy atom. The molecule has 0 saturated carbocycles. The molecule has 25 heavy (non-hydrogen) atoms. The van der Waals surface area contributed by atoms with Gasteiger partial charge in [-0.2, -0.15) is 5.26 Å². The highest BCUT2D eigenvalue weighted by Crippen LogP contribution is 2.40. The van der Waals surface area contributed by atoms with E-state index in [1.807, 2.05) is 29.2 Å². The topological polar surface area (TPSA) is 79.4 Å². The van der Waals surface area contributed by atoms with Crippen molar-refractivity contribution >= 4 is 21.8 Å². The average molecular weight is 402 g/mol. The van der Waals surface area contributed by atoms with Gasteiger partial charge in [0.25, 0.3) is 5.91 Å². The van der Waals surface area contributed by atoms with Crippen LogP contribution >= 0.6 is 15.9 Å². The summed E-state index contributed by atoms with van der Waals surface area (Å²) < 4.78 is 6.44. The summed E-state index contributed by atoms with van der Waals surface area (Å²) in [6.07, 6.45) is 3.15. The molecule has 0 aromatic heterocycles. The quantitative estimate of drug-likeness (QED) is 0.821. The normalized spacial score (nSPS) is 21.0. The molecule has 1 fully saturated rings. The first-order chi connectivity index (χ1) is 12.0. The van der Waals surface area contributed by atoms with Gasteiger partial charge in [0, 0.05) is 17.6 Å². The van der Waals surface area contributed by atoms with E-state index in [1.165, 1.54) is 0 Å². The molecule has 1 aromatic rings. The number of rotatable bonds is 2. The van der Waals surface area contributed by atoms with Gasteiger partial charge < -0.3 is 15.4 Å². The zero-order chi connectivity index (χ0) is 18.0. The number of likely N-dealkylation sites (tertiary alicyclic amines) is 1. The number of allylic oxidation sites excluding steroid dienone is 2. The Hall–Kier alpha value is -2.26. The van der Waals surface area contributed by atoms with Gasteiger partial charge >= 0.3 is 0 Å². The molecule has 2 aliphatic rings. The van der Waals surface area contributed by atoms with Crippen LogP contribution in [-0.2, 0) is 9.53 Å². The molecule has 1 amide bonds. The number of carbonyl (C=O) groups is 1. The number of halogens is 1. The van der Waals surface area contributed by atoms with Crippen molar-refractivity contribution in [3.05, 3.63) is 57.1 Å². The van der Waals surface area contributed by atoms with Crippen molar-refractivity contribution in [3.63, 3.8) is 0 Å². The van der Waals surface area contributed by atoms with Gasteiger partial charge in [0.2, 0.25) is 5.88 Å². The molecule has 1 aromatic carbocycles. The zero-order valence-corrected chi connectivity index (χ0v) is 15.7. The molecule has 0 aliphatic carbocycles. The first-order valence-electron chi connectivity index (χ1n) is 8.36. The predicted molar refractivity (Wildman–Crippen MR) is 97.9 cm³/mol. The number of hydrogen-bond acceptors (Lipinski definition) is 4. The van der Waals surface area contributed by atoms with Gasteiger partial charge in [0.05, 0.1) is 11.5 Å². The zero-order valence-electron chi connectivity index (χ0n) is 14.1. The van der Waals surface area contributed by atoms with E-state index in [0.29, 0.717) is 11.3 Å². The number of hydrogen-bond donors (Lipinski definition) is 1. The van der Waals surface area contributed by atoms with E-state index in [0.717, 1.165) is 42.4 Å². The minimum absolute atomic E-state index is 0.0672. The van der Waals surface area contributed by atoms with Crippen LogP contribution in [0.3, 0.4) is 0 Å². The van der Waals surface area contributed by atoms with Gasteiger partial charge in [-0.15, -0.1) is 0 Å². The Bertz CT molecular complexity index is 801. The van der Waals surface area contributed by atoms with Crippen molar-refractivity contribution in [2.75, 3.05) is 13.1 Å². The lowest BCUT2D eigenvalue weighted by atomic mass is 9.82. The third-order valence-electron chi connectivity index (χ3n) is 4.66. The summed E-state index contributed by atoms with van der Waals surface area (Å²) in [4.78, 5) is 15.1. The second kappa shape index (κ2) is 7.32. The molecule has 1 saturated heterocycles. The van der Waals surface area contributed by atoms with Crippen molar-refractivity contribution < 1.29 is 9.53 Å². The van der Waals surface area contributed by atoms with Crippen LogP contribution < -0.4 is 5.73 Å². The monoisotopic (exact) mass is 401 g/mol. The summed E-state index contributed by atoms with van der Waals surface area (Å²) in [6.45, 7) is 3.22. The predicted octanol–water partition coefficient (Wildman–Crippen LogP) is 3.54. The van der Waals surface area contributed by atoms with E-state index in [2.05, 4.69) is 22.0 Å². The average Bonchev–Trinajstić information content (AvgIpc) is 2.61. The number of piperidine rings is 1. The second-order valence-electron chi connectivity index (χ2n) is 6.30. The van der Waals surface area contributed by atoms with Crippen LogP contribution in [-0.4, -0.2) is 23.9 Å². The van der Waals surface area contributed by atoms with Gasteiger partial charge in [-0.1, -0.05) is 28.1 Å². The number of nitrogens with two attached hydrogens (primary N) is 1. The summed E-state index contributed by atoms with van der Waals surface area (Å²) in [5.74, 6) is -0.0367. The molecule has 2 N–H and O–H groups in total. The molecule has 0 radical (unpaired) electrons. The van der Waals surface area contributed by atoms with Crippen LogP contribution in [0.15, 0.2) is 51.5 Å². The highest BCUT2D eigenvalue weighted by atomic mass is 79.9. The van der Waals surface area contributed by atoms with E-state index < -0.39 is 5.92 Å². The fourth-order valence-corrected chi connectivity index (χ4v) is 3.86. The van der Waals surface area contributed by atoms with Crippen molar-refractivity contribution in [1.29, 1.82) is 5.26 Å². The first kappa shape index (κ1) is 17.6. The molecule has 1 unspecified atom stereocenters. The summed E-state index contributed by atoms with van der Waals surface area (Å²) in [6, 6.07) is 9.75. The number of benzene rings is 1. The second-order valence-corrected chi connectivity index (χ2v) is 7.22.